The largest absolute Gasteiger partial charge is 0.394 e. The number of hydrogen-bond donors (Lipinski definition) is 2. The van der Waals surface area contributed by atoms with Crippen LogP contribution >= 0.6 is 0 Å². The van der Waals surface area contributed by atoms with E-state index in [1.165, 1.54) is 25.1 Å². The summed E-state index contributed by atoms with van der Waals surface area (Å²) in [5.74, 6) is -0.935. The Hall–Kier alpha value is -2.54. The molecule has 2 aromatic rings. The minimum absolute atomic E-state index is 0.0419. The zero-order valence-corrected chi connectivity index (χ0v) is 11.3. The van der Waals surface area contributed by atoms with Gasteiger partial charge in [-0.15, -0.1) is 0 Å². The molecule has 0 aliphatic rings. The number of aromatic nitrogens is 2. The maximum Gasteiger partial charge on any atom is 0.290 e. The molecule has 2 rings (SSSR count). The summed E-state index contributed by atoms with van der Waals surface area (Å²) < 4.78 is 14.3. The van der Waals surface area contributed by atoms with Crippen molar-refractivity contribution in [1.29, 1.82) is 0 Å². The van der Waals surface area contributed by atoms with E-state index in [-0.39, 0.29) is 30.1 Å². The average Bonchev–Trinajstić information content (AvgIpc) is 2.43. The highest BCUT2D eigenvalue weighted by atomic mass is 19.1. The monoisotopic (exact) mass is 291 g/mol. The number of carbonyl (C=O) groups excluding carboxylic acids is 1. The van der Waals surface area contributed by atoms with Crippen molar-refractivity contribution >= 4 is 11.5 Å². The molecule has 1 heterocycles. The molecule has 110 valence electrons. The Labute approximate surface area is 119 Å². The van der Waals surface area contributed by atoms with Gasteiger partial charge in [0.2, 0.25) is 0 Å². The summed E-state index contributed by atoms with van der Waals surface area (Å²) in [7, 11) is 0. The van der Waals surface area contributed by atoms with Gasteiger partial charge in [0.15, 0.2) is 5.78 Å². The van der Waals surface area contributed by atoms with Crippen LogP contribution in [0.1, 0.15) is 17.3 Å². The molecule has 0 saturated heterocycles. The molecule has 0 bridgehead atoms. The Balaban J connectivity index is 2.79. The zero-order valence-electron chi connectivity index (χ0n) is 11.3. The molecular formula is C14H14FN3O3. The summed E-state index contributed by atoms with van der Waals surface area (Å²) in [6.07, 6.45) is 0. The summed E-state index contributed by atoms with van der Waals surface area (Å²) in [6.45, 7) is 0.879. The highest BCUT2D eigenvalue weighted by Crippen LogP contribution is 2.24. The molecule has 0 spiro atoms. The third-order valence-corrected chi connectivity index (χ3v) is 2.95. The number of nitrogens with zero attached hydrogens (tertiary/aromatic N) is 2. The first-order chi connectivity index (χ1) is 9.95. The van der Waals surface area contributed by atoms with Crippen molar-refractivity contribution in [3.05, 3.63) is 46.0 Å². The van der Waals surface area contributed by atoms with Crippen LogP contribution in [0.2, 0.25) is 0 Å². The number of aliphatic hydroxyl groups excluding tert-OH is 1. The summed E-state index contributed by atoms with van der Waals surface area (Å²) in [5.41, 5.74) is 5.21. The van der Waals surface area contributed by atoms with Crippen molar-refractivity contribution in [1.82, 2.24) is 9.78 Å². The van der Waals surface area contributed by atoms with Crippen LogP contribution in [0.4, 0.5) is 10.1 Å². The first kappa shape index (κ1) is 14.9. The van der Waals surface area contributed by atoms with Crippen LogP contribution in [0.5, 0.6) is 0 Å². The van der Waals surface area contributed by atoms with Crippen molar-refractivity contribution < 1.29 is 14.3 Å². The molecule has 0 radical (unpaired) electrons. The lowest BCUT2D eigenvalue weighted by Crippen LogP contribution is -2.30. The number of nitrogens with two attached hydrogens (primary N) is 1. The number of aliphatic hydroxyl groups is 1. The van der Waals surface area contributed by atoms with Gasteiger partial charge >= 0.3 is 0 Å². The minimum Gasteiger partial charge on any atom is -0.394 e. The number of anilines is 1. The van der Waals surface area contributed by atoms with Crippen molar-refractivity contribution in [2.24, 2.45) is 0 Å². The number of Topliss-reactive ketones (excluding diaryl/α,β-unsaturated/α-hetero) is 1. The fourth-order valence-corrected chi connectivity index (χ4v) is 2.03. The van der Waals surface area contributed by atoms with Crippen molar-refractivity contribution in [3.8, 4) is 11.3 Å². The first-order valence-corrected chi connectivity index (χ1v) is 6.24. The van der Waals surface area contributed by atoms with E-state index < -0.39 is 17.2 Å². The summed E-state index contributed by atoms with van der Waals surface area (Å²) in [6, 6.07) is 5.48. The maximum absolute atomic E-state index is 13.4. The van der Waals surface area contributed by atoms with Crippen LogP contribution in [0, 0.1) is 5.82 Å². The smallest absolute Gasteiger partial charge is 0.290 e. The molecule has 1 aromatic heterocycles. The topological polar surface area (TPSA) is 98.2 Å². The third-order valence-electron chi connectivity index (χ3n) is 2.95. The van der Waals surface area contributed by atoms with Crippen LogP contribution in [0.25, 0.3) is 11.3 Å². The van der Waals surface area contributed by atoms with Crippen LogP contribution in [-0.2, 0) is 6.54 Å². The zero-order chi connectivity index (χ0) is 15.6. The predicted molar refractivity (Wildman–Crippen MR) is 75.4 cm³/mol. The molecule has 6 nitrogen and oxygen atoms in total. The lowest BCUT2D eigenvalue weighted by molar-refractivity contribution is 0.101. The van der Waals surface area contributed by atoms with Gasteiger partial charge < -0.3 is 10.8 Å². The van der Waals surface area contributed by atoms with E-state index in [0.717, 1.165) is 4.68 Å². The van der Waals surface area contributed by atoms with Gasteiger partial charge in [-0.2, -0.15) is 5.10 Å². The number of carbonyl (C=O) groups is 1. The highest BCUT2D eigenvalue weighted by molar-refractivity contribution is 6.04. The Kier molecular flexibility index (Phi) is 4.13. The number of halogens is 1. The minimum atomic E-state index is -0.658. The normalized spacial score (nSPS) is 10.6. The van der Waals surface area contributed by atoms with E-state index in [4.69, 9.17) is 10.8 Å². The average molecular weight is 291 g/mol. The molecule has 1 aromatic carbocycles. The number of nitrogen functional groups attached to an aromatic ring is 1. The second-order valence-corrected chi connectivity index (χ2v) is 4.46. The molecule has 21 heavy (non-hydrogen) atoms. The van der Waals surface area contributed by atoms with Crippen LogP contribution in [0.15, 0.2) is 29.1 Å². The third kappa shape index (κ3) is 2.82. The first-order valence-electron chi connectivity index (χ1n) is 6.24. The molecule has 3 N–H and O–H groups in total. The van der Waals surface area contributed by atoms with Gasteiger partial charge in [0, 0.05) is 5.56 Å². The standard InChI is InChI=1S/C14H14FN3O3/c1-8(20)11-12(16)14(21)18(5-6-19)17-13(11)9-3-2-4-10(15)7-9/h2-4,7,19H,5-6,16H2,1H3. The molecular weight excluding hydrogens is 277 g/mol. The number of hydrogen-bond acceptors (Lipinski definition) is 5. The van der Waals surface area contributed by atoms with Crippen LogP contribution < -0.4 is 11.3 Å². The second-order valence-electron chi connectivity index (χ2n) is 4.46. The highest BCUT2D eigenvalue weighted by Gasteiger charge is 2.20. The van der Waals surface area contributed by atoms with Crippen LogP contribution in [-0.4, -0.2) is 27.3 Å². The molecule has 7 heteroatoms. The number of benzene rings is 1. The SMILES string of the molecule is CC(=O)c1c(-c2cccc(F)c2)nn(CCO)c(=O)c1N. The molecule has 0 amide bonds. The lowest BCUT2D eigenvalue weighted by Gasteiger charge is -2.12. The van der Waals surface area contributed by atoms with Crippen LogP contribution in [0.3, 0.4) is 0 Å². The molecule has 0 atom stereocenters. The summed E-state index contributed by atoms with van der Waals surface area (Å²) in [4.78, 5) is 23.7. The fourth-order valence-electron chi connectivity index (χ4n) is 2.03. The molecule has 0 unspecified atom stereocenters. The van der Waals surface area contributed by atoms with Gasteiger partial charge in [-0.25, -0.2) is 9.07 Å². The van der Waals surface area contributed by atoms with Gasteiger partial charge in [-0.3, -0.25) is 9.59 Å². The van der Waals surface area contributed by atoms with Gasteiger partial charge in [0.25, 0.3) is 5.56 Å². The summed E-state index contributed by atoms with van der Waals surface area (Å²) >= 11 is 0. The fraction of sp³-hybridized carbons (Fsp3) is 0.214. The van der Waals surface area contributed by atoms with Gasteiger partial charge in [0.1, 0.15) is 17.2 Å². The number of rotatable bonds is 4. The van der Waals surface area contributed by atoms with Gasteiger partial charge in [-0.05, 0) is 19.1 Å². The summed E-state index contributed by atoms with van der Waals surface area (Å²) in [5, 5.41) is 13.0. The Morgan fingerprint density at radius 3 is 2.76 bits per heavy atom. The van der Waals surface area contributed by atoms with Gasteiger partial charge in [-0.1, -0.05) is 12.1 Å². The van der Waals surface area contributed by atoms with E-state index in [9.17, 15) is 14.0 Å². The van der Waals surface area contributed by atoms with Crippen molar-refractivity contribution in [3.63, 3.8) is 0 Å². The Morgan fingerprint density at radius 1 is 1.48 bits per heavy atom. The molecule has 0 aliphatic heterocycles. The van der Waals surface area contributed by atoms with E-state index in [1.807, 2.05) is 0 Å². The van der Waals surface area contributed by atoms with E-state index in [1.54, 1.807) is 6.07 Å². The quantitative estimate of drug-likeness (QED) is 0.813. The van der Waals surface area contributed by atoms with Crippen molar-refractivity contribution in [2.75, 3.05) is 12.3 Å². The predicted octanol–water partition coefficient (Wildman–Crippen LogP) is 0.826. The lowest BCUT2D eigenvalue weighted by atomic mass is 10.0. The molecule has 0 saturated carbocycles. The Bertz CT molecular complexity index is 756. The Morgan fingerprint density at radius 2 is 2.19 bits per heavy atom. The van der Waals surface area contributed by atoms with E-state index in [2.05, 4.69) is 5.10 Å². The maximum atomic E-state index is 13.4. The van der Waals surface area contributed by atoms with Gasteiger partial charge in [0.05, 0.1) is 18.7 Å². The van der Waals surface area contributed by atoms with E-state index in [0.29, 0.717) is 5.56 Å². The number of ketones is 1. The molecule has 0 fully saturated rings. The van der Waals surface area contributed by atoms with E-state index >= 15 is 0 Å². The second kappa shape index (κ2) is 5.84. The van der Waals surface area contributed by atoms with Crippen molar-refractivity contribution in [2.45, 2.75) is 13.5 Å². The molecule has 0 aliphatic carbocycles.